The summed E-state index contributed by atoms with van der Waals surface area (Å²) >= 11 is 1.32. The standard InChI is InChI=1S/C12H15N5O5S/c1-13-8-4-9(16-12(15-8)23-2)17(3-14-4)10-6(19)5(18)7(22-10)11(20)21/h3,5-7,10,18-19H,1-2H3,(H,20,21)(H,13,15,16)/t5-,6+,7-,10+/m0/s1. The minimum absolute atomic E-state index is 0.371. The van der Waals surface area contributed by atoms with Gasteiger partial charge < -0.3 is 25.4 Å². The molecule has 0 amide bonds. The van der Waals surface area contributed by atoms with Crippen LogP contribution in [0.25, 0.3) is 11.2 Å². The topological polar surface area (TPSA) is 143 Å². The van der Waals surface area contributed by atoms with E-state index in [2.05, 4.69) is 20.3 Å². The summed E-state index contributed by atoms with van der Waals surface area (Å²) in [5, 5.41) is 32.4. The molecule has 4 atom stereocenters. The fraction of sp³-hybridized carbons (Fsp3) is 0.500. The first kappa shape index (κ1) is 15.9. The van der Waals surface area contributed by atoms with E-state index in [9.17, 15) is 15.0 Å². The highest BCUT2D eigenvalue weighted by Crippen LogP contribution is 2.33. The van der Waals surface area contributed by atoms with Crippen LogP contribution in [-0.2, 0) is 9.53 Å². The Hall–Kier alpha value is -1.95. The number of hydrogen-bond donors (Lipinski definition) is 4. The van der Waals surface area contributed by atoms with Gasteiger partial charge in [0.1, 0.15) is 12.2 Å². The molecule has 0 bridgehead atoms. The molecule has 0 spiro atoms. The molecule has 10 nitrogen and oxygen atoms in total. The van der Waals surface area contributed by atoms with Crippen LogP contribution < -0.4 is 5.32 Å². The van der Waals surface area contributed by atoms with Crippen LogP contribution in [0.3, 0.4) is 0 Å². The highest BCUT2D eigenvalue weighted by molar-refractivity contribution is 7.98. The zero-order chi connectivity index (χ0) is 16.7. The average Bonchev–Trinajstić information content (AvgIpc) is 3.08. The van der Waals surface area contributed by atoms with Crippen LogP contribution in [0.2, 0.25) is 0 Å². The molecule has 1 saturated heterocycles. The number of imidazole rings is 1. The molecular formula is C12H15N5O5S. The van der Waals surface area contributed by atoms with E-state index in [1.165, 1.54) is 22.7 Å². The summed E-state index contributed by atoms with van der Waals surface area (Å²) in [6.45, 7) is 0. The van der Waals surface area contributed by atoms with Gasteiger partial charge in [0, 0.05) is 7.05 Å². The van der Waals surface area contributed by atoms with E-state index in [1.807, 2.05) is 6.26 Å². The molecule has 4 N–H and O–H groups in total. The lowest BCUT2D eigenvalue weighted by Crippen LogP contribution is -2.35. The number of carboxylic acids is 1. The predicted molar refractivity (Wildman–Crippen MR) is 80.2 cm³/mol. The Morgan fingerprint density at radius 3 is 2.70 bits per heavy atom. The maximum absolute atomic E-state index is 11.1. The number of thioether (sulfide) groups is 1. The fourth-order valence-electron chi connectivity index (χ4n) is 2.44. The molecule has 3 rings (SSSR count). The van der Waals surface area contributed by atoms with Crippen molar-refractivity contribution in [1.82, 2.24) is 19.5 Å². The van der Waals surface area contributed by atoms with E-state index in [0.29, 0.717) is 22.1 Å². The summed E-state index contributed by atoms with van der Waals surface area (Å²) < 4.78 is 6.68. The van der Waals surface area contributed by atoms with Crippen LogP contribution in [0.1, 0.15) is 6.23 Å². The highest BCUT2D eigenvalue weighted by atomic mass is 32.2. The number of aliphatic carboxylic acids is 1. The summed E-state index contributed by atoms with van der Waals surface area (Å²) in [5.41, 5.74) is 0.824. The Bertz CT molecular complexity index is 753. The zero-order valence-electron chi connectivity index (χ0n) is 12.2. The number of hydrogen-bond acceptors (Lipinski definition) is 9. The van der Waals surface area contributed by atoms with Gasteiger partial charge in [-0.25, -0.2) is 19.7 Å². The van der Waals surface area contributed by atoms with Crippen LogP contribution in [0.5, 0.6) is 0 Å². The largest absolute Gasteiger partial charge is 0.479 e. The molecular weight excluding hydrogens is 326 g/mol. The molecule has 0 aliphatic carbocycles. The minimum Gasteiger partial charge on any atom is -0.479 e. The summed E-state index contributed by atoms with van der Waals surface area (Å²) in [7, 11) is 1.69. The SMILES string of the molecule is CNc1nc(SC)nc2c1ncn2[C@@H]1O[C@H](C(=O)O)[C@@H](O)[C@H]1O. The van der Waals surface area contributed by atoms with E-state index >= 15 is 0 Å². The lowest BCUT2D eigenvalue weighted by molar-refractivity contribution is -0.155. The number of nitrogens with zero attached hydrogens (tertiary/aromatic N) is 4. The number of fused-ring (bicyclic) bond motifs is 1. The van der Waals surface area contributed by atoms with Crippen LogP contribution in [0.15, 0.2) is 11.5 Å². The van der Waals surface area contributed by atoms with Gasteiger partial charge in [-0.15, -0.1) is 0 Å². The Labute approximate surface area is 134 Å². The smallest absolute Gasteiger partial charge is 0.335 e. The third-order valence-electron chi connectivity index (χ3n) is 3.58. The van der Waals surface area contributed by atoms with E-state index in [-0.39, 0.29) is 0 Å². The van der Waals surface area contributed by atoms with E-state index in [0.717, 1.165) is 0 Å². The van der Waals surface area contributed by atoms with E-state index < -0.39 is 30.5 Å². The quantitative estimate of drug-likeness (QED) is 0.416. The molecule has 1 aliphatic rings. The van der Waals surface area contributed by atoms with Crippen molar-refractivity contribution in [2.24, 2.45) is 0 Å². The Morgan fingerprint density at radius 1 is 1.39 bits per heavy atom. The van der Waals surface area contributed by atoms with Crippen LogP contribution in [0, 0.1) is 0 Å². The highest BCUT2D eigenvalue weighted by Gasteiger charge is 2.48. The van der Waals surface area contributed by atoms with Crippen LogP contribution >= 0.6 is 11.8 Å². The number of aliphatic hydroxyl groups excluding tert-OH is 2. The van der Waals surface area contributed by atoms with Gasteiger partial charge in [-0.1, -0.05) is 11.8 Å². The average molecular weight is 341 g/mol. The van der Waals surface area contributed by atoms with E-state index in [1.54, 1.807) is 7.05 Å². The number of carboxylic acid groups (broad SMARTS) is 1. The van der Waals surface area contributed by atoms with Gasteiger partial charge in [0.2, 0.25) is 0 Å². The zero-order valence-corrected chi connectivity index (χ0v) is 13.1. The summed E-state index contributed by atoms with van der Waals surface area (Å²) in [6, 6.07) is 0. The monoisotopic (exact) mass is 341 g/mol. The maximum atomic E-state index is 11.1. The van der Waals surface area contributed by atoms with Crippen molar-refractivity contribution >= 4 is 34.7 Å². The third-order valence-corrected chi connectivity index (χ3v) is 4.12. The number of carbonyl (C=O) groups is 1. The maximum Gasteiger partial charge on any atom is 0.335 e. The predicted octanol–water partition coefficient (Wildman–Crippen LogP) is -0.706. The Morgan fingerprint density at radius 2 is 2.13 bits per heavy atom. The Kier molecular flexibility index (Phi) is 4.10. The van der Waals surface area contributed by atoms with Gasteiger partial charge in [-0.2, -0.15) is 0 Å². The first-order valence-electron chi connectivity index (χ1n) is 6.68. The second-order valence-corrected chi connectivity index (χ2v) is 5.67. The summed E-state index contributed by atoms with van der Waals surface area (Å²) in [5.74, 6) is -0.847. The minimum atomic E-state index is -1.54. The second kappa shape index (κ2) is 5.92. The van der Waals surface area contributed by atoms with Crippen molar-refractivity contribution in [2.75, 3.05) is 18.6 Å². The van der Waals surface area contributed by atoms with Crippen molar-refractivity contribution in [3.05, 3.63) is 6.33 Å². The molecule has 1 fully saturated rings. The van der Waals surface area contributed by atoms with E-state index in [4.69, 9.17) is 9.84 Å². The van der Waals surface area contributed by atoms with Crippen molar-refractivity contribution in [3.8, 4) is 0 Å². The van der Waals surface area contributed by atoms with Gasteiger partial charge in [0.15, 0.2) is 34.5 Å². The molecule has 11 heteroatoms. The van der Waals surface area contributed by atoms with Crippen LogP contribution in [0.4, 0.5) is 5.82 Å². The first-order valence-corrected chi connectivity index (χ1v) is 7.91. The molecule has 0 unspecified atom stereocenters. The Balaban J connectivity index is 2.08. The summed E-state index contributed by atoms with van der Waals surface area (Å²) in [6.07, 6.45) is -2.40. The normalized spacial score (nSPS) is 27.5. The number of ether oxygens (including phenoxy) is 1. The van der Waals surface area contributed by atoms with Crippen molar-refractivity contribution in [3.63, 3.8) is 0 Å². The number of anilines is 1. The van der Waals surface area contributed by atoms with Crippen molar-refractivity contribution in [1.29, 1.82) is 0 Å². The molecule has 23 heavy (non-hydrogen) atoms. The first-order chi connectivity index (χ1) is 11.0. The number of aliphatic hydroxyl groups is 2. The second-order valence-electron chi connectivity index (χ2n) is 4.90. The van der Waals surface area contributed by atoms with Gasteiger partial charge in [0.05, 0.1) is 6.33 Å². The molecule has 1 aliphatic heterocycles. The van der Waals surface area contributed by atoms with Gasteiger partial charge in [0.25, 0.3) is 0 Å². The van der Waals surface area contributed by atoms with Gasteiger partial charge >= 0.3 is 5.97 Å². The summed E-state index contributed by atoms with van der Waals surface area (Å²) in [4.78, 5) is 23.9. The lowest BCUT2D eigenvalue weighted by Gasteiger charge is -2.16. The van der Waals surface area contributed by atoms with Crippen LogP contribution in [-0.4, -0.2) is 72.4 Å². The number of rotatable bonds is 4. The number of aromatic nitrogens is 4. The van der Waals surface area contributed by atoms with Crippen molar-refractivity contribution < 1.29 is 24.9 Å². The molecule has 0 saturated carbocycles. The van der Waals surface area contributed by atoms with Gasteiger partial charge in [-0.3, -0.25) is 4.57 Å². The number of nitrogens with one attached hydrogen (secondary N) is 1. The van der Waals surface area contributed by atoms with Gasteiger partial charge in [-0.05, 0) is 6.26 Å². The molecule has 2 aromatic heterocycles. The molecule has 2 aromatic rings. The molecule has 3 heterocycles. The third kappa shape index (κ3) is 2.51. The molecule has 0 radical (unpaired) electrons. The fourth-order valence-corrected chi connectivity index (χ4v) is 2.80. The molecule has 124 valence electrons. The lowest BCUT2D eigenvalue weighted by atomic mass is 10.1. The molecule has 0 aromatic carbocycles. The van der Waals surface area contributed by atoms with Crippen molar-refractivity contribution in [2.45, 2.75) is 29.7 Å².